The van der Waals surface area contributed by atoms with E-state index in [9.17, 15) is 28.8 Å². The van der Waals surface area contributed by atoms with Gasteiger partial charge in [-0.1, -0.05) is 127 Å². The molecule has 15 heteroatoms. The van der Waals surface area contributed by atoms with E-state index < -0.39 is 0 Å². The Morgan fingerprint density at radius 2 is 0.611 bits per heavy atom. The summed E-state index contributed by atoms with van der Waals surface area (Å²) in [6, 6.07) is 50.8. The van der Waals surface area contributed by atoms with Crippen molar-refractivity contribution in [2.24, 2.45) is 0 Å². The van der Waals surface area contributed by atoms with E-state index in [0.717, 1.165) is 16.7 Å². The zero-order chi connectivity index (χ0) is 50.8. The lowest BCUT2D eigenvalue weighted by Crippen LogP contribution is -2.27. The molecular weight excluding hydrogens is 907 g/mol. The van der Waals surface area contributed by atoms with Crippen molar-refractivity contribution in [3.05, 3.63) is 229 Å². The summed E-state index contributed by atoms with van der Waals surface area (Å²) in [4.78, 5) is 93.8. The van der Waals surface area contributed by atoms with E-state index in [4.69, 9.17) is 0 Å². The molecule has 0 bridgehead atoms. The van der Waals surface area contributed by atoms with Gasteiger partial charge in [0.2, 0.25) is 17.7 Å². The Hall–Kier alpha value is -8.85. The first kappa shape index (κ1) is 51.0. The van der Waals surface area contributed by atoms with Crippen molar-refractivity contribution in [2.75, 3.05) is 0 Å². The Morgan fingerprint density at radius 3 is 0.875 bits per heavy atom. The third kappa shape index (κ3) is 14.6. The van der Waals surface area contributed by atoms with Crippen LogP contribution in [-0.2, 0) is 33.6 Å². The van der Waals surface area contributed by atoms with Gasteiger partial charge in [-0.2, -0.15) is 0 Å². The number of rotatable bonds is 15. The van der Waals surface area contributed by atoms with Crippen molar-refractivity contribution < 1.29 is 14.4 Å². The second kappa shape index (κ2) is 25.1. The van der Waals surface area contributed by atoms with Crippen LogP contribution in [0.25, 0.3) is 32.7 Å². The number of aromatic amines is 3. The van der Waals surface area contributed by atoms with Crippen molar-refractivity contribution >= 4 is 50.4 Å². The van der Waals surface area contributed by atoms with E-state index in [2.05, 4.69) is 45.9 Å². The number of para-hydroxylation sites is 3. The molecule has 3 heterocycles. The summed E-state index contributed by atoms with van der Waals surface area (Å²) in [5.41, 5.74) is 4.60. The molecule has 3 atom stereocenters. The van der Waals surface area contributed by atoms with Gasteiger partial charge in [0.25, 0.3) is 16.7 Å². The molecule has 72 heavy (non-hydrogen) atoms. The number of amides is 3. The van der Waals surface area contributed by atoms with Crippen LogP contribution in [0, 0.1) is 0 Å². The number of nitrogens with zero attached hydrogens (tertiary/aromatic N) is 3. The maximum absolute atomic E-state index is 12.1. The Kier molecular flexibility index (Phi) is 17.8. The smallest absolute Gasteiger partial charge is 0.258 e. The first-order valence-corrected chi connectivity index (χ1v) is 23.9. The van der Waals surface area contributed by atoms with E-state index in [1.165, 1.54) is 0 Å². The average molecular weight is 964 g/mol. The number of benzene rings is 6. The van der Waals surface area contributed by atoms with Crippen LogP contribution < -0.4 is 32.6 Å². The number of aromatic nitrogens is 6. The highest BCUT2D eigenvalue weighted by Gasteiger charge is 2.14. The van der Waals surface area contributed by atoms with E-state index in [1.807, 2.05) is 130 Å². The van der Waals surface area contributed by atoms with Crippen molar-refractivity contribution in [1.29, 1.82) is 0 Å². The van der Waals surface area contributed by atoms with Crippen LogP contribution in [0.5, 0.6) is 0 Å². The SMILES string of the molecule is C[C@H](NC(=O)CCc1nc2ccccc2c(=O)[nH]1)c1ccccc1.C[C@H](NC(=O)CCc1nc2ccccc2c(=O)[nH]1)c1ccccc1.C[C@H](NC(=O)CCc1nc2ccccc2c(=O)[nH]1)c1ccccc1. The van der Waals surface area contributed by atoms with Gasteiger partial charge in [0.15, 0.2) is 0 Å². The summed E-state index contributed by atoms with van der Waals surface area (Å²) in [6.07, 6.45) is 2.02. The highest BCUT2D eigenvalue weighted by atomic mass is 16.2. The van der Waals surface area contributed by atoms with Gasteiger partial charge in [0, 0.05) is 38.5 Å². The zero-order valence-corrected chi connectivity index (χ0v) is 40.4. The predicted octanol–water partition coefficient (Wildman–Crippen LogP) is 8.20. The van der Waals surface area contributed by atoms with Crippen LogP contribution in [-0.4, -0.2) is 47.6 Å². The lowest BCUT2D eigenvalue weighted by atomic mass is 10.1. The van der Waals surface area contributed by atoms with Crippen LogP contribution >= 0.6 is 0 Å². The first-order valence-electron chi connectivity index (χ1n) is 23.9. The molecule has 6 aromatic carbocycles. The van der Waals surface area contributed by atoms with Crippen LogP contribution in [0.1, 0.15) is 92.3 Å². The molecule has 0 aliphatic rings. The largest absolute Gasteiger partial charge is 0.350 e. The molecule has 0 saturated carbocycles. The minimum Gasteiger partial charge on any atom is -0.350 e. The van der Waals surface area contributed by atoms with E-state index in [0.29, 0.717) is 69.4 Å². The molecule has 0 radical (unpaired) electrons. The molecule has 366 valence electrons. The topological polar surface area (TPSA) is 225 Å². The average Bonchev–Trinajstić information content (AvgIpc) is 3.40. The molecule has 9 aromatic rings. The quantitative estimate of drug-likeness (QED) is 0.0582. The molecule has 3 amide bonds. The molecule has 9 rings (SSSR count). The number of aryl methyl sites for hydroxylation is 3. The molecule has 0 fully saturated rings. The fourth-order valence-corrected chi connectivity index (χ4v) is 7.87. The normalized spacial score (nSPS) is 12.0. The number of nitrogens with one attached hydrogen (secondary N) is 6. The maximum atomic E-state index is 12.1. The molecular formula is C57H57N9O6. The number of hydrogen-bond donors (Lipinski definition) is 6. The molecule has 0 saturated heterocycles. The number of fused-ring (bicyclic) bond motifs is 3. The van der Waals surface area contributed by atoms with E-state index >= 15 is 0 Å². The van der Waals surface area contributed by atoms with Gasteiger partial charge in [0.05, 0.1) is 50.8 Å². The minimum atomic E-state index is -0.173. The Labute approximate surface area is 415 Å². The van der Waals surface area contributed by atoms with E-state index in [1.54, 1.807) is 54.6 Å². The van der Waals surface area contributed by atoms with Crippen LogP contribution in [0.3, 0.4) is 0 Å². The fourth-order valence-electron chi connectivity index (χ4n) is 7.87. The highest BCUT2D eigenvalue weighted by molar-refractivity contribution is 5.80. The summed E-state index contributed by atoms with van der Waals surface area (Å²) in [5, 5.41) is 10.6. The molecule has 0 spiro atoms. The fraction of sp³-hybridized carbons (Fsp3) is 0.211. The Morgan fingerprint density at radius 1 is 0.375 bits per heavy atom. The van der Waals surface area contributed by atoms with Crippen LogP contribution in [0.15, 0.2) is 178 Å². The molecule has 0 aliphatic heterocycles. The number of carbonyl (C=O) groups is 3. The summed E-state index contributed by atoms with van der Waals surface area (Å²) >= 11 is 0. The molecule has 15 nitrogen and oxygen atoms in total. The molecule has 3 aromatic heterocycles. The monoisotopic (exact) mass is 963 g/mol. The highest BCUT2D eigenvalue weighted by Crippen LogP contribution is 2.15. The number of carbonyl (C=O) groups excluding carboxylic acids is 3. The standard InChI is InChI=1S/3C19H19N3O2/c3*1-13(14-7-3-2-4-8-14)20-18(23)12-11-17-21-16-10-6-5-9-15(16)19(24)22-17/h3*2-10,13H,11-12H2,1H3,(H,20,23)(H,21,22,24)/t3*13-/m000/s1. The minimum absolute atomic E-state index is 0.0534. The third-order valence-corrected chi connectivity index (χ3v) is 11.8. The second-order valence-electron chi connectivity index (χ2n) is 17.2. The van der Waals surface area contributed by atoms with Crippen LogP contribution in [0.2, 0.25) is 0 Å². The van der Waals surface area contributed by atoms with E-state index in [-0.39, 0.29) is 71.8 Å². The lowest BCUT2D eigenvalue weighted by molar-refractivity contribution is -0.122. The van der Waals surface area contributed by atoms with Gasteiger partial charge in [0.1, 0.15) is 17.5 Å². The van der Waals surface area contributed by atoms with Crippen molar-refractivity contribution in [1.82, 2.24) is 45.9 Å². The number of H-pyrrole nitrogens is 3. The Balaban J connectivity index is 0.000000158. The van der Waals surface area contributed by atoms with Crippen molar-refractivity contribution in [2.45, 2.75) is 77.4 Å². The van der Waals surface area contributed by atoms with Crippen LogP contribution in [0.4, 0.5) is 0 Å². The summed E-state index contributed by atoms with van der Waals surface area (Å²) in [6.45, 7) is 5.84. The second-order valence-corrected chi connectivity index (χ2v) is 17.2. The lowest BCUT2D eigenvalue weighted by Gasteiger charge is -2.14. The first-order chi connectivity index (χ1) is 34.9. The summed E-state index contributed by atoms with van der Waals surface area (Å²) in [7, 11) is 0. The van der Waals surface area contributed by atoms with Crippen molar-refractivity contribution in [3.63, 3.8) is 0 Å². The van der Waals surface area contributed by atoms with Gasteiger partial charge in [-0.05, 0) is 73.9 Å². The predicted molar refractivity (Wildman–Crippen MR) is 281 cm³/mol. The summed E-state index contributed by atoms with van der Waals surface area (Å²) < 4.78 is 0. The molecule has 0 aliphatic carbocycles. The Bertz CT molecular complexity index is 3070. The van der Waals surface area contributed by atoms with Gasteiger partial charge in [-0.25, -0.2) is 15.0 Å². The molecule has 6 N–H and O–H groups in total. The third-order valence-electron chi connectivity index (χ3n) is 11.8. The van der Waals surface area contributed by atoms with Gasteiger partial charge < -0.3 is 30.9 Å². The number of hydrogen-bond acceptors (Lipinski definition) is 9. The van der Waals surface area contributed by atoms with Gasteiger partial charge >= 0.3 is 0 Å². The van der Waals surface area contributed by atoms with Crippen molar-refractivity contribution in [3.8, 4) is 0 Å². The maximum Gasteiger partial charge on any atom is 0.258 e. The van der Waals surface area contributed by atoms with Gasteiger partial charge in [-0.3, -0.25) is 28.8 Å². The van der Waals surface area contributed by atoms with Gasteiger partial charge in [-0.15, -0.1) is 0 Å². The summed E-state index contributed by atoms with van der Waals surface area (Å²) in [5.74, 6) is 1.38. The zero-order valence-electron chi connectivity index (χ0n) is 40.4. The molecule has 0 unspecified atom stereocenters.